The number of rotatable bonds is 9. The summed E-state index contributed by atoms with van der Waals surface area (Å²) in [5, 5.41) is 5.90. The van der Waals surface area contributed by atoms with Crippen molar-refractivity contribution in [3.8, 4) is 0 Å². The largest absolute Gasteiger partial charge is 0.379 e. The third-order valence-electron chi connectivity index (χ3n) is 4.94. The minimum absolute atomic E-state index is 0.00565. The fraction of sp³-hybridized carbons (Fsp3) is 0.882. The van der Waals surface area contributed by atoms with Gasteiger partial charge >= 0.3 is 0 Å². The van der Waals surface area contributed by atoms with Crippen LogP contribution in [-0.4, -0.2) is 62.1 Å². The number of hydrogen-bond donors (Lipinski definition) is 2. The molecular weight excluding hydrogens is 294 g/mol. The lowest BCUT2D eigenvalue weighted by molar-refractivity contribution is -0.137. The highest BCUT2D eigenvalue weighted by Gasteiger charge is 2.31. The third-order valence-corrected chi connectivity index (χ3v) is 4.94. The van der Waals surface area contributed by atoms with Crippen molar-refractivity contribution in [2.75, 3.05) is 27.2 Å². The molecule has 4 unspecified atom stereocenters. The lowest BCUT2D eigenvalue weighted by atomic mass is 9.91. The summed E-state index contributed by atoms with van der Waals surface area (Å²) < 4.78 is 5.57. The van der Waals surface area contributed by atoms with E-state index >= 15 is 0 Å². The predicted octanol–water partition coefficient (Wildman–Crippen LogP) is 1.15. The highest BCUT2D eigenvalue weighted by molar-refractivity contribution is 5.87. The first kappa shape index (κ1) is 19.9. The molecule has 0 aliphatic carbocycles. The zero-order valence-electron chi connectivity index (χ0n) is 15.2. The van der Waals surface area contributed by atoms with Crippen LogP contribution in [0.25, 0.3) is 0 Å². The molecule has 134 valence electrons. The zero-order valence-corrected chi connectivity index (χ0v) is 15.2. The lowest BCUT2D eigenvalue weighted by Gasteiger charge is -2.37. The number of ether oxygens (including phenoxy) is 1. The van der Waals surface area contributed by atoms with Gasteiger partial charge in [-0.05, 0) is 31.7 Å². The molecule has 1 aliphatic rings. The molecule has 2 N–H and O–H groups in total. The number of carbonyl (C=O) groups is 2. The fourth-order valence-corrected chi connectivity index (χ4v) is 3.27. The molecule has 0 radical (unpaired) electrons. The minimum Gasteiger partial charge on any atom is -0.379 e. The van der Waals surface area contributed by atoms with Crippen molar-refractivity contribution in [3.05, 3.63) is 0 Å². The second-order valence-electron chi connectivity index (χ2n) is 6.43. The summed E-state index contributed by atoms with van der Waals surface area (Å²) in [6, 6.07) is -0.134. The van der Waals surface area contributed by atoms with E-state index in [1.807, 2.05) is 0 Å². The molecule has 1 rings (SSSR count). The van der Waals surface area contributed by atoms with E-state index < -0.39 is 0 Å². The summed E-state index contributed by atoms with van der Waals surface area (Å²) in [6.07, 6.45) is 3.68. The number of carbonyl (C=O) groups excluding carboxylic acids is 2. The van der Waals surface area contributed by atoms with Crippen molar-refractivity contribution in [3.63, 3.8) is 0 Å². The van der Waals surface area contributed by atoms with Gasteiger partial charge in [0.15, 0.2) is 0 Å². The molecule has 6 nitrogen and oxygen atoms in total. The molecule has 0 aromatic carbocycles. The molecule has 0 aromatic heterocycles. The number of nitrogens with zero attached hydrogens (tertiary/aromatic N) is 1. The van der Waals surface area contributed by atoms with Crippen LogP contribution in [0.1, 0.15) is 46.5 Å². The van der Waals surface area contributed by atoms with Crippen LogP contribution in [0, 0.1) is 5.92 Å². The van der Waals surface area contributed by atoms with Crippen LogP contribution in [0.3, 0.4) is 0 Å². The molecule has 4 atom stereocenters. The van der Waals surface area contributed by atoms with Crippen LogP contribution < -0.4 is 10.6 Å². The fourth-order valence-electron chi connectivity index (χ4n) is 3.27. The van der Waals surface area contributed by atoms with Gasteiger partial charge in [-0.1, -0.05) is 27.2 Å². The Hall–Kier alpha value is -1.14. The Morgan fingerprint density at radius 1 is 1.35 bits per heavy atom. The molecule has 0 aromatic rings. The molecule has 1 heterocycles. The monoisotopic (exact) mass is 327 g/mol. The summed E-state index contributed by atoms with van der Waals surface area (Å²) in [6.45, 7) is 7.23. The second-order valence-corrected chi connectivity index (χ2v) is 6.43. The van der Waals surface area contributed by atoms with Crippen molar-refractivity contribution in [1.29, 1.82) is 0 Å². The van der Waals surface area contributed by atoms with Crippen molar-refractivity contribution in [2.24, 2.45) is 5.92 Å². The van der Waals surface area contributed by atoms with Gasteiger partial charge in [-0.25, -0.2) is 0 Å². The summed E-state index contributed by atoms with van der Waals surface area (Å²) in [5.41, 5.74) is 0. The van der Waals surface area contributed by atoms with Gasteiger partial charge in [-0.2, -0.15) is 0 Å². The Kier molecular flexibility index (Phi) is 8.55. The summed E-state index contributed by atoms with van der Waals surface area (Å²) >= 11 is 0. The first-order chi connectivity index (χ1) is 11.0. The third kappa shape index (κ3) is 5.46. The minimum atomic E-state index is -0.152. The van der Waals surface area contributed by atoms with Gasteiger partial charge in [-0.3, -0.25) is 9.59 Å². The molecule has 6 heteroatoms. The van der Waals surface area contributed by atoms with Gasteiger partial charge in [0.2, 0.25) is 11.8 Å². The molecule has 0 saturated carbocycles. The van der Waals surface area contributed by atoms with Crippen LogP contribution in [-0.2, 0) is 14.3 Å². The number of amides is 2. The summed E-state index contributed by atoms with van der Waals surface area (Å²) in [5.74, 6) is 0.182. The number of nitrogens with one attached hydrogen (secondary N) is 2. The van der Waals surface area contributed by atoms with Crippen LogP contribution in [0.4, 0.5) is 0 Å². The first-order valence-corrected chi connectivity index (χ1v) is 8.75. The highest BCUT2D eigenvalue weighted by Crippen LogP contribution is 2.21. The maximum Gasteiger partial charge on any atom is 0.242 e. The van der Waals surface area contributed by atoms with E-state index in [1.165, 1.54) is 0 Å². The van der Waals surface area contributed by atoms with Crippen LogP contribution in [0.5, 0.6) is 0 Å². The van der Waals surface area contributed by atoms with Crippen LogP contribution in [0.2, 0.25) is 0 Å². The van der Waals surface area contributed by atoms with Gasteiger partial charge in [-0.15, -0.1) is 0 Å². The van der Waals surface area contributed by atoms with E-state index in [1.54, 1.807) is 19.1 Å². The Bertz CT molecular complexity index is 379. The van der Waals surface area contributed by atoms with Crippen molar-refractivity contribution in [2.45, 2.75) is 64.6 Å². The molecule has 2 amide bonds. The molecule has 0 bridgehead atoms. The number of methoxy groups -OCH3 is 1. The molecule has 23 heavy (non-hydrogen) atoms. The van der Waals surface area contributed by atoms with Gasteiger partial charge < -0.3 is 20.3 Å². The van der Waals surface area contributed by atoms with E-state index in [0.717, 1.165) is 32.2 Å². The van der Waals surface area contributed by atoms with Crippen molar-refractivity contribution in [1.82, 2.24) is 15.5 Å². The van der Waals surface area contributed by atoms with E-state index in [9.17, 15) is 9.59 Å². The smallest absolute Gasteiger partial charge is 0.242 e. The molecule has 1 aliphatic heterocycles. The van der Waals surface area contributed by atoms with Gasteiger partial charge in [0.25, 0.3) is 0 Å². The standard InChI is InChI=1S/C17H33N3O3/c1-6-12(3)16(14(7-2)23-5)20(4)15(21)11-19-17(22)13-9-8-10-18-13/h12-14,16,18H,6-11H2,1-5H3,(H,19,22). The Labute approximate surface area is 140 Å². The zero-order chi connectivity index (χ0) is 17.4. The average Bonchev–Trinajstić information content (AvgIpc) is 3.10. The van der Waals surface area contributed by atoms with Gasteiger partial charge in [0.1, 0.15) is 0 Å². The number of hydrogen-bond acceptors (Lipinski definition) is 4. The molecule has 1 saturated heterocycles. The second kappa shape index (κ2) is 9.88. The quantitative estimate of drug-likeness (QED) is 0.666. The maximum atomic E-state index is 12.5. The van der Waals surface area contributed by atoms with Crippen molar-refractivity contribution >= 4 is 11.8 Å². The summed E-state index contributed by atoms with van der Waals surface area (Å²) in [7, 11) is 3.50. The van der Waals surface area contributed by atoms with E-state index in [0.29, 0.717) is 5.92 Å². The normalized spacial score (nSPS) is 21.5. The Morgan fingerprint density at radius 2 is 2.04 bits per heavy atom. The number of likely N-dealkylation sites (N-methyl/N-ethyl adjacent to an activating group) is 1. The van der Waals surface area contributed by atoms with Crippen LogP contribution >= 0.6 is 0 Å². The van der Waals surface area contributed by atoms with E-state index in [2.05, 4.69) is 31.4 Å². The molecular formula is C17H33N3O3. The SMILES string of the molecule is CCC(C)C(C(CC)OC)N(C)C(=O)CNC(=O)C1CCCN1. The lowest BCUT2D eigenvalue weighted by Crippen LogP contribution is -2.52. The first-order valence-electron chi connectivity index (χ1n) is 8.75. The molecule has 1 fully saturated rings. The van der Waals surface area contributed by atoms with Gasteiger partial charge in [0, 0.05) is 14.2 Å². The topological polar surface area (TPSA) is 70.7 Å². The van der Waals surface area contributed by atoms with Crippen LogP contribution in [0.15, 0.2) is 0 Å². The Balaban J connectivity index is 2.61. The average molecular weight is 327 g/mol. The Morgan fingerprint density at radius 3 is 2.52 bits per heavy atom. The van der Waals surface area contributed by atoms with Crippen molar-refractivity contribution < 1.29 is 14.3 Å². The highest BCUT2D eigenvalue weighted by atomic mass is 16.5. The van der Waals surface area contributed by atoms with E-state index in [-0.39, 0.29) is 36.5 Å². The maximum absolute atomic E-state index is 12.5. The van der Waals surface area contributed by atoms with Gasteiger partial charge in [0.05, 0.1) is 24.7 Å². The molecule has 0 spiro atoms. The predicted molar refractivity (Wildman–Crippen MR) is 91.1 cm³/mol. The summed E-state index contributed by atoms with van der Waals surface area (Å²) in [4.78, 5) is 26.2. The van der Waals surface area contributed by atoms with E-state index in [4.69, 9.17) is 4.74 Å².